The largest absolute Gasteiger partial charge is 0.465 e. The molecule has 2 aromatic rings. The van der Waals surface area contributed by atoms with E-state index in [1.807, 2.05) is 6.07 Å². The van der Waals surface area contributed by atoms with Crippen molar-refractivity contribution in [3.63, 3.8) is 0 Å². The van der Waals surface area contributed by atoms with E-state index in [9.17, 15) is 32.4 Å². The summed E-state index contributed by atoms with van der Waals surface area (Å²) in [6.45, 7) is -2.01. The molecule has 35 heavy (non-hydrogen) atoms. The van der Waals surface area contributed by atoms with Crippen LogP contribution in [-0.2, 0) is 9.53 Å². The highest BCUT2D eigenvalue weighted by Crippen LogP contribution is 2.33. The van der Waals surface area contributed by atoms with Crippen LogP contribution in [0.4, 0.5) is 28.0 Å². The van der Waals surface area contributed by atoms with Crippen molar-refractivity contribution in [1.29, 1.82) is 5.26 Å². The minimum absolute atomic E-state index is 0.000476. The number of halogens is 4. The molecule has 10 nitrogen and oxygen atoms in total. The number of fused-ring (bicyclic) bond motifs is 1. The first-order valence-corrected chi connectivity index (χ1v) is 10.6. The number of nitrogens with zero attached hydrogens (tertiary/aromatic N) is 5. The second kappa shape index (κ2) is 9.14. The second-order valence-corrected chi connectivity index (χ2v) is 8.39. The number of morpholine rings is 1. The molecule has 0 unspecified atom stereocenters. The predicted octanol–water partition coefficient (Wildman–Crippen LogP) is 1.85. The van der Waals surface area contributed by atoms with E-state index in [1.165, 1.54) is 17.3 Å². The summed E-state index contributed by atoms with van der Waals surface area (Å²) in [5.41, 5.74) is -1.60. The number of alkyl halides is 4. The number of amides is 2. The zero-order valence-electron chi connectivity index (χ0n) is 18.1. The van der Waals surface area contributed by atoms with Crippen molar-refractivity contribution < 1.29 is 37.0 Å². The smallest absolute Gasteiger partial charge is 0.416 e. The number of carbonyl (C=O) groups excluding carboxylic acids is 1. The lowest BCUT2D eigenvalue weighted by Gasteiger charge is -2.39. The summed E-state index contributed by atoms with van der Waals surface area (Å²) in [5, 5.41) is 20.9. The van der Waals surface area contributed by atoms with Crippen LogP contribution in [0.1, 0.15) is 12.1 Å². The number of rotatable bonds is 4. The van der Waals surface area contributed by atoms with Crippen LogP contribution in [0.25, 0.3) is 10.9 Å². The molecule has 4 heterocycles. The molecule has 2 aromatic heterocycles. The number of nitrogens with one attached hydrogen (secondary N) is 1. The Kier molecular flexibility index (Phi) is 6.37. The minimum atomic E-state index is -4.79. The van der Waals surface area contributed by atoms with Crippen molar-refractivity contribution in [2.24, 2.45) is 0 Å². The number of aromatic nitrogens is 2. The van der Waals surface area contributed by atoms with Gasteiger partial charge in [0.2, 0.25) is 0 Å². The average molecular weight is 496 g/mol. The lowest BCUT2D eigenvalue weighted by atomic mass is 10.1. The molecule has 14 heteroatoms. The Labute approximate surface area is 196 Å². The molecular weight excluding hydrogens is 476 g/mol. The van der Waals surface area contributed by atoms with Crippen LogP contribution >= 0.6 is 0 Å². The first-order valence-electron chi connectivity index (χ1n) is 10.6. The molecule has 186 valence electrons. The molecule has 0 spiro atoms. The monoisotopic (exact) mass is 496 g/mol. The number of pyridine rings is 2. The molecule has 0 aromatic carbocycles. The van der Waals surface area contributed by atoms with Crippen LogP contribution < -0.4 is 10.2 Å². The van der Waals surface area contributed by atoms with Gasteiger partial charge in [-0.1, -0.05) is 0 Å². The van der Waals surface area contributed by atoms with Gasteiger partial charge in [0.05, 0.1) is 38.1 Å². The molecule has 2 amide bonds. The van der Waals surface area contributed by atoms with Gasteiger partial charge >= 0.3 is 12.3 Å². The number of anilines is 1. The Morgan fingerprint density at radius 3 is 2.77 bits per heavy atom. The van der Waals surface area contributed by atoms with Crippen molar-refractivity contribution in [3.05, 3.63) is 30.2 Å². The molecule has 0 bridgehead atoms. The minimum Gasteiger partial charge on any atom is -0.465 e. The van der Waals surface area contributed by atoms with Gasteiger partial charge in [-0.3, -0.25) is 9.78 Å². The molecule has 3 atom stereocenters. The Balaban J connectivity index is 1.55. The quantitative estimate of drug-likeness (QED) is 0.613. The third-order valence-electron chi connectivity index (χ3n) is 5.98. The Morgan fingerprint density at radius 2 is 2.11 bits per heavy atom. The fraction of sp³-hybridized carbons (Fsp3) is 0.476. The maximum atomic E-state index is 14.9. The van der Waals surface area contributed by atoms with Crippen LogP contribution in [0, 0.1) is 11.3 Å². The van der Waals surface area contributed by atoms with Crippen LogP contribution in [-0.4, -0.2) is 88.8 Å². The molecule has 2 fully saturated rings. The van der Waals surface area contributed by atoms with Crippen molar-refractivity contribution in [2.75, 3.05) is 37.6 Å². The van der Waals surface area contributed by atoms with Gasteiger partial charge in [-0.15, -0.1) is 0 Å². The van der Waals surface area contributed by atoms with Crippen LogP contribution in [0.2, 0.25) is 0 Å². The topological polar surface area (TPSA) is 132 Å². The molecule has 4 rings (SSSR count). The average Bonchev–Trinajstić information content (AvgIpc) is 3.23. The van der Waals surface area contributed by atoms with E-state index in [2.05, 4.69) is 15.3 Å². The van der Waals surface area contributed by atoms with E-state index >= 15 is 0 Å². The van der Waals surface area contributed by atoms with Crippen molar-refractivity contribution in [2.45, 2.75) is 30.5 Å². The fourth-order valence-electron chi connectivity index (χ4n) is 4.17. The molecule has 0 radical (unpaired) electrons. The molecule has 0 aliphatic carbocycles. The van der Waals surface area contributed by atoms with Gasteiger partial charge in [0.15, 0.2) is 17.9 Å². The summed E-state index contributed by atoms with van der Waals surface area (Å²) in [5.74, 6) is -0.959. The Morgan fingerprint density at radius 1 is 1.34 bits per heavy atom. The van der Waals surface area contributed by atoms with E-state index in [4.69, 9.17) is 9.84 Å². The highest BCUT2D eigenvalue weighted by atomic mass is 19.4. The number of ether oxygens (including phenoxy) is 1. The zero-order valence-corrected chi connectivity index (χ0v) is 18.1. The van der Waals surface area contributed by atoms with E-state index in [0.29, 0.717) is 5.39 Å². The summed E-state index contributed by atoms with van der Waals surface area (Å²) in [4.78, 5) is 34.0. The second-order valence-electron chi connectivity index (χ2n) is 8.39. The normalized spacial score (nSPS) is 24.9. The van der Waals surface area contributed by atoms with E-state index in [1.54, 1.807) is 12.1 Å². The number of carbonyl (C=O) groups is 2. The Hall–Kier alpha value is -3.73. The van der Waals surface area contributed by atoms with Crippen LogP contribution in [0.5, 0.6) is 0 Å². The summed E-state index contributed by atoms with van der Waals surface area (Å²) in [6, 6.07) is 5.02. The lowest BCUT2D eigenvalue weighted by molar-refractivity contribution is -0.234. The van der Waals surface area contributed by atoms with Gasteiger partial charge in [-0.05, 0) is 12.1 Å². The van der Waals surface area contributed by atoms with Crippen molar-refractivity contribution in [3.8, 4) is 6.07 Å². The maximum absolute atomic E-state index is 14.9. The third kappa shape index (κ3) is 5.04. The molecule has 2 saturated heterocycles. The summed E-state index contributed by atoms with van der Waals surface area (Å²) in [7, 11) is 0. The number of hydrogen-bond donors (Lipinski definition) is 2. The van der Waals surface area contributed by atoms with Gasteiger partial charge in [0.25, 0.3) is 5.91 Å². The number of hydrogen-bond acceptors (Lipinski definition) is 7. The molecule has 0 saturated carbocycles. The van der Waals surface area contributed by atoms with Gasteiger partial charge in [0, 0.05) is 24.5 Å². The van der Waals surface area contributed by atoms with Crippen molar-refractivity contribution in [1.82, 2.24) is 20.2 Å². The summed E-state index contributed by atoms with van der Waals surface area (Å²) < 4.78 is 60.9. The molecule has 2 N–H and O–H groups in total. The SMILES string of the molecule is N#Cc1ncc(N2C[C@@H](C(=O)NC[C@]3(F)CCN(C(=O)O)C3)O[C@@H](C(F)(F)F)C2)c2cccnc12. The molecular formula is C21H20F4N6O4. The predicted molar refractivity (Wildman–Crippen MR) is 112 cm³/mol. The first-order chi connectivity index (χ1) is 16.5. The maximum Gasteiger partial charge on any atom is 0.416 e. The van der Waals surface area contributed by atoms with Gasteiger partial charge < -0.3 is 25.0 Å². The van der Waals surface area contributed by atoms with Gasteiger partial charge in [-0.2, -0.15) is 18.4 Å². The summed E-state index contributed by atoms with van der Waals surface area (Å²) >= 11 is 0. The van der Waals surface area contributed by atoms with E-state index in [-0.39, 0.29) is 36.4 Å². The highest BCUT2D eigenvalue weighted by molar-refractivity contribution is 5.94. The van der Waals surface area contributed by atoms with Gasteiger partial charge in [-0.25, -0.2) is 14.2 Å². The zero-order chi connectivity index (χ0) is 25.4. The van der Waals surface area contributed by atoms with Crippen LogP contribution in [0.15, 0.2) is 24.5 Å². The van der Waals surface area contributed by atoms with E-state index in [0.717, 1.165) is 4.90 Å². The Bertz CT molecular complexity index is 1190. The fourth-order valence-corrected chi connectivity index (χ4v) is 4.17. The molecule has 2 aliphatic rings. The standard InChI is InChI=1S/C21H20F4N6O4/c22-20(3-5-30(11-20)19(33)34)10-29-18(32)15-8-31(9-16(35-15)21(23,24)25)14-7-28-13(6-26)17-12(14)2-1-4-27-17/h1-2,4,7,15-16H,3,5,8-11H2,(H,29,32)(H,33,34)/t15-,16+,20+/m0/s1. The highest BCUT2D eigenvalue weighted by Gasteiger charge is 2.48. The number of likely N-dealkylation sites (tertiary alicyclic amines) is 1. The number of carboxylic acid groups (broad SMARTS) is 1. The first kappa shape index (κ1) is 24.4. The summed E-state index contributed by atoms with van der Waals surface area (Å²) in [6.07, 6.45) is -7.50. The third-order valence-corrected chi connectivity index (χ3v) is 5.98. The van der Waals surface area contributed by atoms with E-state index < -0.39 is 55.7 Å². The van der Waals surface area contributed by atoms with Crippen LogP contribution in [0.3, 0.4) is 0 Å². The van der Waals surface area contributed by atoms with Gasteiger partial charge in [0.1, 0.15) is 17.3 Å². The number of nitriles is 1. The molecule has 2 aliphatic heterocycles. The van der Waals surface area contributed by atoms with Crippen molar-refractivity contribution >= 4 is 28.6 Å². The lowest BCUT2D eigenvalue weighted by Crippen LogP contribution is -2.58.